The molecule has 3 aromatic rings. The van der Waals surface area contributed by atoms with Crippen molar-refractivity contribution in [2.24, 2.45) is 16.2 Å². The standard InChI is InChI=1S/C38H38O3/c1-22-19-37(6)21-36(5)20-30-29(27-16-12-9-13-17-27)18-28(26-14-10-8-11-15-26)23(2)32(30)34(40)33(36)24(3)38(37,7)35(41)31(22)25(4)39/h8-18H,19-21H2,1-7H3. The molecule has 41 heavy (non-hydrogen) atoms. The summed E-state index contributed by atoms with van der Waals surface area (Å²) in [6.45, 7) is 13.9. The quantitative estimate of drug-likeness (QED) is 0.311. The Hall–Kier alpha value is -3.85. The Labute approximate surface area is 243 Å². The van der Waals surface area contributed by atoms with Crippen LogP contribution in [0.5, 0.6) is 0 Å². The van der Waals surface area contributed by atoms with Gasteiger partial charge >= 0.3 is 0 Å². The van der Waals surface area contributed by atoms with Crippen LogP contribution in [0.15, 0.2) is 89.0 Å². The summed E-state index contributed by atoms with van der Waals surface area (Å²) in [5, 5.41) is 0. The topological polar surface area (TPSA) is 51.2 Å². The van der Waals surface area contributed by atoms with E-state index in [9.17, 15) is 14.4 Å². The van der Waals surface area contributed by atoms with Gasteiger partial charge in [0.15, 0.2) is 17.3 Å². The molecule has 3 atom stereocenters. The zero-order valence-electron chi connectivity index (χ0n) is 25.2. The van der Waals surface area contributed by atoms with Gasteiger partial charge < -0.3 is 0 Å². The van der Waals surface area contributed by atoms with Crippen molar-refractivity contribution in [2.45, 2.75) is 67.7 Å². The van der Waals surface area contributed by atoms with Crippen LogP contribution in [0.1, 0.15) is 75.9 Å². The molecule has 0 N–H and O–H groups in total. The van der Waals surface area contributed by atoms with Crippen LogP contribution in [-0.2, 0) is 16.0 Å². The zero-order valence-corrected chi connectivity index (χ0v) is 25.2. The first kappa shape index (κ1) is 27.3. The maximum atomic E-state index is 14.9. The lowest BCUT2D eigenvalue weighted by atomic mass is 9.42. The first-order valence-corrected chi connectivity index (χ1v) is 14.6. The van der Waals surface area contributed by atoms with E-state index in [4.69, 9.17) is 0 Å². The Kier molecular flexibility index (Phi) is 6.05. The highest BCUT2D eigenvalue weighted by Gasteiger charge is 2.63. The molecule has 0 radical (unpaired) electrons. The van der Waals surface area contributed by atoms with Gasteiger partial charge in [-0.25, -0.2) is 0 Å². The molecule has 0 heterocycles. The van der Waals surface area contributed by atoms with E-state index in [0.717, 1.165) is 62.1 Å². The summed E-state index contributed by atoms with van der Waals surface area (Å²) in [4.78, 5) is 41.8. The summed E-state index contributed by atoms with van der Waals surface area (Å²) >= 11 is 0. The fourth-order valence-electron chi connectivity index (χ4n) is 8.77. The number of benzene rings is 3. The number of rotatable bonds is 3. The molecular weight excluding hydrogens is 504 g/mol. The van der Waals surface area contributed by atoms with E-state index in [1.54, 1.807) is 0 Å². The summed E-state index contributed by atoms with van der Waals surface area (Å²) in [6.07, 6.45) is 2.10. The predicted octanol–water partition coefficient (Wildman–Crippen LogP) is 8.69. The van der Waals surface area contributed by atoms with Crippen LogP contribution in [0.25, 0.3) is 22.3 Å². The molecule has 3 aliphatic rings. The molecule has 0 aromatic heterocycles. The number of fused-ring (bicyclic) bond motifs is 3. The van der Waals surface area contributed by atoms with Gasteiger partial charge in [0.05, 0.1) is 11.0 Å². The van der Waals surface area contributed by atoms with Crippen molar-refractivity contribution in [1.29, 1.82) is 0 Å². The van der Waals surface area contributed by atoms with E-state index in [-0.39, 0.29) is 17.3 Å². The van der Waals surface area contributed by atoms with Crippen LogP contribution in [-0.4, -0.2) is 17.3 Å². The number of hydrogen-bond acceptors (Lipinski definition) is 3. The Morgan fingerprint density at radius 1 is 0.780 bits per heavy atom. The molecule has 3 aromatic carbocycles. The summed E-state index contributed by atoms with van der Waals surface area (Å²) in [6, 6.07) is 22.9. The maximum Gasteiger partial charge on any atom is 0.190 e. The third-order valence-corrected chi connectivity index (χ3v) is 10.7. The molecule has 0 saturated carbocycles. The van der Waals surface area contributed by atoms with Gasteiger partial charge in [0, 0.05) is 16.6 Å². The lowest BCUT2D eigenvalue weighted by Crippen LogP contribution is -2.57. The summed E-state index contributed by atoms with van der Waals surface area (Å²) in [7, 11) is 0. The van der Waals surface area contributed by atoms with Crippen LogP contribution in [0, 0.1) is 23.2 Å². The van der Waals surface area contributed by atoms with E-state index < -0.39 is 16.2 Å². The van der Waals surface area contributed by atoms with Crippen LogP contribution in [0.4, 0.5) is 0 Å². The Bertz CT molecular complexity index is 1720. The lowest BCUT2D eigenvalue weighted by Gasteiger charge is -2.59. The van der Waals surface area contributed by atoms with Crippen LogP contribution in [0.3, 0.4) is 0 Å². The second-order valence-corrected chi connectivity index (χ2v) is 13.3. The molecule has 0 spiro atoms. The van der Waals surface area contributed by atoms with Crippen molar-refractivity contribution in [2.75, 3.05) is 0 Å². The minimum Gasteiger partial charge on any atom is -0.294 e. The molecule has 0 fully saturated rings. The molecule has 3 nitrogen and oxygen atoms in total. The minimum absolute atomic E-state index is 0.0328. The number of carbonyl (C=O) groups is 3. The van der Waals surface area contributed by atoms with Crippen molar-refractivity contribution in [3.8, 4) is 22.3 Å². The Morgan fingerprint density at radius 3 is 1.90 bits per heavy atom. The monoisotopic (exact) mass is 542 g/mol. The summed E-state index contributed by atoms with van der Waals surface area (Å²) in [5.74, 6) is -0.273. The fourth-order valence-corrected chi connectivity index (χ4v) is 8.77. The molecule has 0 aliphatic heterocycles. The predicted molar refractivity (Wildman–Crippen MR) is 165 cm³/mol. The van der Waals surface area contributed by atoms with Gasteiger partial charge in [0.25, 0.3) is 0 Å². The van der Waals surface area contributed by atoms with Crippen molar-refractivity contribution < 1.29 is 14.4 Å². The maximum absolute atomic E-state index is 14.9. The molecule has 0 amide bonds. The Balaban J connectivity index is 1.65. The van der Waals surface area contributed by atoms with E-state index in [1.165, 1.54) is 6.92 Å². The van der Waals surface area contributed by atoms with Crippen LogP contribution >= 0.6 is 0 Å². The molecule has 208 valence electrons. The van der Waals surface area contributed by atoms with Gasteiger partial charge in [-0.05, 0) is 98.7 Å². The van der Waals surface area contributed by atoms with Gasteiger partial charge in [-0.1, -0.05) is 85.7 Å². The highest BCUT2D eigenvalue weighted by molar-refractivity contribution is 6.24. The van der Waals surface area contributed by atoms with Crippen LogP contribution < -0.4 is 0 Å². The highest BCUT2D eigenvalue weighted by atomic mass is 16.2. The van der Waals surface area contributed by atoms with Crippen molar-refractivity contribution in [3.05, 3.63) is 106 Å². The second-order valence-electron chi connectivity index (χ2n) is 13.3. The van der Waals surface area contributed by atoms with Gasteiger partial charge in [0.2, 0.25) is 0 Å². The van der Waals surface area contributed by atoms with E-state index in [2.05, 4.69) is 51.1 Å². The molecule has 6 rings (SSSR count). The number of allylic oxidation sites excluding steroid dienone is 4. The average molecular weight is 543 g/mol. The molecule has 3 heteroatoms. The Morgan fingerprint density at radius 2 is 1.34 bits per heavy atom. The fraction of sp³-hybridized carbons (Fsp3) is 0.342. The molecule has 0 bridgehead atoms. The van der Waals surface area contributed by atoms with Crippen molar-refractivity contribution in [3.63, 3.8) is 0 Å². The molecule has 0 saturated heterocycles. The number of hydrogen-bond donors (Lipinski definition) is 0. The van der Waals surface area contributed by atoms with Crippen LogP contribution in [0.2, 0.25) is 0 Å². The smallest absolute Gasteiger partial charge is 0.190 e. The molecule has 3 aliphatic carbocycles. The second kappa shape index (κ2) is 9.08. The van der Waals surface area contributed by atoms with Crippen molar-refractivity contribution >= 4 is 17.3 Å². The zero-order chi connectivity index (χ0) is 29.5. The largest absolute Gasteiger partial charge is 0.294 e. The first-order valence-electron chi connectivity index (χ1n) is 14.6. The third kappa shape index (κ3) is 3.67. The molecule has 3 unspecified atom stereocenters. The number of ketones is 3. The van der Waals surface area contributed by atoms with E-state index >= 15 is 0 Å². The van der Waals surface area contributed by atoms with Gasteiger partial charge in [-0.2, -0.15) is 0 Å². The third-order valence-electron chi connectivity index (χ3n) is 10.7. The normalized spacial score (nSPS) is 27.4. The summed E-state index contributed by atoms with van der Waals surface area (Å²) in [5.41, 5.74) is 8.24. The number of carbonyl (C=O) groups excluding carboxylic acids is 3. The number of Topliss-reactive ketones (excluding diaryl/α,β-unsaturated/α-hetero) is 3. The average Bonchev–Trinajstić information content (AvgIpc) is 2.91. The SMILES string of the molecule is CC(=O)C1=C(C)CC2(C)CC3(C)Cc4c(-c5ccccc5)cc(-c5ccccc5)c(C)c4C(=O)C3=C(C)C2(C)C1=O. The van der Waals surface area contributed by atoms with E-state index in [1.807, 2.05) is 57.2 Å². The first-order chi connectivity index (χ1) is 19.3. The highest BCUT2D eigenvalue weighted by Crippen LogP contribution is 2.66. The summed E-state index contributed by atoms with van der Waals surface area (Å²) < 4.78 is 0. The minimum atomic E-state index is -0.914. The van der Waals surface area contributed by atoms with Gasteiger partial charge in [-0.15, -0.1) is 0 Å². The van der Waals surface area contributed by atoms with E-state index in [0.29, 0.717) is 18.4 Å². The lowest BCUT2D eigenvalue weighted by molar-refractivity contribution is -0.134. The van der Waals surface area contributed by atoms with Gasteiger partial charge in [0.1, 0.15) is 0 Å². The van der Waals surface area contributed by atoms with Crippen molar-refractivity contribution in [1.82, 2.24) is 0 Å². The van der Waals surface area contributed by atoms with Gasteiger partial charge in [-0.3, -0.25) is 14.4 Å². The molecular formula is C38H38O3.